The summed E-state index contributed by atoms with van der Waals surface area (Å²) in [5, 5.41) is 2.22. The lowest BCUT2D eigenvalue weighted by Crippen LogP contribution is -2.26. The molecule has 1 atom stereocenters. The van der Waals surface area contributed by atoms with E-state index in [1.807, 2.05) is 42.5 Å². The molecule has 20 heavy (non-hydrogen) atoms. The van der Waals surface area contributed by atoms with Crippen molar-refractivity contribution in [2.45, 2.75) is 25.3 Å². The molecule has 0 aromatic heterocycles. The smallest absolute Gasteiger partial charge is 0.242 e. The number of benzene rings is 2. The maximum Gasteiger partial charge on any atom is 0.242 e. The molecule has 0 saturated carbocycles. The van der Waals surface area contributed by atoms with Gasteiger partial charge < -0.3 is 5.32 Å². The highest BCUT2D eigenvalue weighted by atomic mass is 35.5. The van der Waals surface area contributed by atoms with Crippen molar-refractivity contribution in [1.82, 2.24) is 5.32 Å². The van der Waals surface area contributed by atoms with Gasteiger partial charge in [-0.05, 0) is 23.1 Å². The van der Waals surface area contributed by atoms with E-state index in [0.717, 1.165) is 17.5 Å². The number of alkyl halides is 1. The number of aryl methyl sites for hydroxylation is 1. The molecule has 0 saturated heterocycles. The Morgan fingerprint density at radius 1 is 1.05 bits per heavy atom. The van der Waals surface area contributed by atoms with Gasteiger partial charge in [0.15, 0.2) is 0 Å². The van der Waals surface area contributed by atoms with Crippen molar-refractivity contribution in [3.05, 3.63) is 71.3 Å². The van der Waals surface area contributed by atoms with Crippen molar-refractivity contribution in [1.29, 1.82) is 0 Å². The second-order valence-electron chi connectivity index (χ2n) is 4.66. The van der Waals surface area contributed by atoms with Crippen LogP contribution in [-0.2, 0) is 17.8 Å². The Balaban J connectivity index is 1.91. The van der Waals surface area contributed by atoms with Crippen molar-refractivity contribution >= 4 is 17.5 Å². The third kappa shape index (κ3) is 3.84. The van der Waals surface area contributed by atoms with Crippen LogP contribution in [0.15, 0.2) is 54.6 Å². The van der Waals surface area contributed by atoms with Crippen LogP contribution >= 0.6 is 11.6 Å². The Morgan fingerprint density at radius 3 is 2.25 bits per heavy atom. The van der Waals surface area contributed by atoms with Gasteiger partial charge in [-0.2, -0.15) is 0 Å². The lowest BCUT2D eigenvalue weighted by atomic mass is 10.1. The summed E-state index contributed by atoms with van der Waals surface area (Å²) in [7, 11) is 0. The van der Waals surface area contributed by atoms with E-state index in [0.29, 0.717) is 6.54 Å². The molecule has 1 N–H and O–H groups in total. The fourth-order valence-electron chi connectivity index (χ4n) is 1.94. The third-order valence-corrected chi connectivity index (χ3v) is 3.67. The normalized spacial score (nSPS) is 11.9. The van der Waals surface area contributed by atoms with E-state index in [2.05, 4.69) is 24.4 Å². The summed E-state index contributed by atoms with van der Waals surface area (Å²) >= 11 is 6.16. The van der Waals surface area contributed by atoms with Gasteiger partial charge in [0.05, 0.1) is 0 Å². The SMILES string of the molecule is CCc1ccc(CNC(=O)C(Cl)c2ccccc2)cc1. The van der Waals surface area contributed by atoms with Crippen LogP contribution in [-0.4, -0.2) is 5.91 Å². The quantitative estimate of drug-likeness (QED) is 0.832. The first-order chi connectivity index (χ1) is 9.70. The molecule has 2 aromatic rings. The van der Waals surface area contributed by atoms with Gasteiger partial charge in [-0.3, -0.25) is 4.79 Å². The van der Waals surface area contributed by atoms with Crippen LogP contribution in [0.5, 0.6) is 0 Å². The van der Waals surface area contributed by atoms with Crippen molar-refractivity contribution in [2.24, 2.45) is 0 Å². The topological polar surface area (TPSA) is 29.1 Å². The van der Waals surface area contributed by atoms with Crippen molar-refractivity contribution in [2.75, 3.05) is 0 Å². The number of carbonyl (C=O) groups is 1. The molecule has 0 spiro atoms. The van der Waals surface area contributed by atoms with Crippen molar-refractivity contribution in [3.8, 4) is 0 Å². The van der Waals surface area contributed by atoms with Gasteiger partial charge in [-0.25, -0.2) is 0 Å². The Morgan fingerprint density at radius 2 is 1.65 bits per heavy atom. The van der Waals surface area contributed by atoms with Gasteiger partial charge in [-0.15, -0.1) is 11.6 Å². The number of carbonyl (C=O) groups excluding carboxylic acids is 1. The van der Waals surface area contributed by atoms with E-state index >= 15 is 0 Å². The number of halogens is 1. The largest absolute Gasteiger partial charge is 0.350 e. The monoisotopic (exact) mass is 287 g/mol. The van der Waals surface area contributed by atoms with E-state index < -0.39 is 5.38 Å². The van der Waals surface area contributed by atoms with Gasteiger partial charge in [0.25, 0.3) is 0 Å². The Kier molecular flexibility index (Phi) is 5.19. The molecule has 2 aromatic carbocycles. The standard InChI is InChI=1S/C17H18ClNO/c1-2-13-8-10-14(11-9-13)12-19-17(20)16(18)15-6-4-3-5-7-15/h3-11,16H,2,12H2,1H3,(H,19,20). The Bertz CT molecular complexity index is 551. The fourth-order valence-corrected chi connectivity index (χ4v) is 2.17. The van der Waals surface area contributed by atoms with E-state index in [4.69, 9.17) is 11.6 Å². The number of hydrogen-bond acceptors (Lipinski definition) is 1. The highest BCUT2D eigenvalue weighted by molar-refractivity contribution is 6.30. The molecule has 3 heteroatoms. The molecule has 0 radical (unpaired) electrons. The third-order valence-electron chi connectivity index (χ3n) is 3.22. The van der Waals surface area contributed by atoms with Crippen molar-refractivity contribution < 1.29 is 4.79 Å². The predicted molar refractivity (Wildman–Crippen MR) is 82.7 cm³/mol. The first-order valence-electron chi connectivity index (χ1n) is 6.75. The summed E-state index contributed by atoms with van der Waals surface area (Å²) in [5.74, 6) is -0.169. The average Bonchev–Trinajstić information content (AvgIpc) is 2.53. The lowest BCUT2D eigenvalue weighted by molar-refractivity contribution is -0.121. The summed E-state index contributed by atoms with van der Waals surface area (Å²) in [5.41, 5.74) is 3.18. The zero-order chi connectivity index (χ0) is 14.4. The van der Waals surface area contributed by atoms with E-state index in [1.54, 1.807) is 0 Å². The summed E-state index contributed by atoms with van der Waals surface area (Å²) in [6, 6.07) is 17.6. The number of hydrogen-bond donors (Lipinski definition) is 1. The Labute approximate surface area is 124 Å². The van der Waals surface area contributed by atoms with Gasteiger partial charge in [0.1, 0.15) is 5.38 Å². The highest BCUT2D eigenvalue weighted by Crippen LogP contribution is 2.20. The van der Waals surface area contributed by atoms with Gasteiger partial charge in [0.2, 0.25) is 5.91 Å². The van der Waals surface area contributed by atoms with Crippen molar-refractivity contribution in [3.63, 3.8) is 0 Å². The van der Waals surface area contributed by atoms with E-state index in [9.17, 15) is 4.79 Å². The summed E-state index contributed by atoms with van der Waals surface area (Å²) in [6.45, 7) is 2.62. The Hall–Kier alpha value is -1.80. The summed E-state index contributed by atoms with van der Waals surface area (Å²) in [4.78, 5) is 12.0. The minimum absolute atomic E-state index is 0.169. The highest BCUT2D eigenvalue weighted by Gasteiger charge is 2.16. The second-order valence-corrected chi connectivity index (χ2v) is 5.10. The number of nitrogens with one attached hydrogen (secondary N) is 1. The molecule has 2 rings (SSSR count). The molecule has 0 bridgehead atoms. The molecule has 1 amide bonds. The zero-order valence-corrected chi connectivity index (χ0v) is 12.2. The second kappa shape index (κ2) is 7.11. The van der Waals surface area contributed by atoms with E-state index in [-0.39, 0.29) is 5.91 Å². The van der Waals surface area contributed by atoms with E-state index in [1.165, 1.54) is 5.56 Å². The van der Waals surface area contributed by atoms with Gasteiger partial charge in [-0.1, -0.05) is 61.5 Å². The molecule has 0 heterocycles. The summed E-state index contributed by atoms with van der Waals surface area (Å²) in [6.07, 6.45) is 1.02. The molecule has 2 nitrogen and oxygen atoms in total. The van der Waals surface area contributed by atoms with Crippen LogP contribution in [0.3, 0.4) is 0 Å². The lowest BCUT2D eigenvalue weighted by Gasteiger charge is -2.11. The molecular formula is C17H18ClNO. The molecule has 1 unspecified atom stereocenters. The maximum atomic E-state index is 12.0. The first kappa shape index (κ1) is 14.6. The molecule has 104 valence electrons. The van der Waals surface area contributed by atoms with Gasteiger partial charge in [0, 0.05) is 6.54 Å². The molecular weight excluding hydrogens is 270 g/mol. The molecule has 0 aliphatic rings. The number of amides is 1. The zero-order valence-electron chi connectivity index (χ0n) is 11.5. The first-order valence-corrected chi connectivity index (χ1v) is 7.19. The van der Waals surface area contributed by atoms with Crippen LogP contribution in [0.4, 0.5) is 0 Å². The minimum atomic E-state index is -0.647. The van der Waals surface area contributed by atoms with Crippen LogP contribution in [0, 0.1) is 0 Å². The van der Waals surface area contributed by atoms with Crippen LogP contribution in [0.25, 0.3) is 0 Å². The average molecular weight is 288 g/mol. The predicted octanol–water partition coefficient (Wildman–Crippen LogP) is 3.85. The van der Waals surface area contributed by atoms with Crippen LogP contribution < -0.4 is 5.32 Å². The molecule has 0 aliphatic carbocycles. The molecule has 0 fully saturated rings. The fraction of sp³-hybridized carbons (Fsp3) is 0.235. The molecule has 0 aliphatic heterocycles. The van der Waals surface area contributed by atoms with Crippen LogP contribution in [0.2, 0.25) is 0 Å². The van der Waals surface area contributed by atoms with Gasteiger partial charge >= 0.3 is 0 Å². The number of rotatable bonds is 5. The maximum absolute atomic E-state index is 12.0. The summed E-state index contributed by atoms with van der Waals surface area (Å²) < 4.78 is 0. The minimum Gasteiger partial charge on any atom is -0.350 e. The van der Waals surface area contributed by atoms with Crippen LogP contribution in [0.1, 0.15) is 29.0 Å².